The molecule has 1 N–H and O–H groups in total. The van der Waals surface area contributed by atoms with Gasteiger partial charge in [0, 0.05) is 12.8 Å². The molecule has 0 aliphatic rings. The Morgan fingerprint density at radius 3 is 0.857 bits per heavy atom. The van der Waals surface area contributed by atoms with Gasteiger partial charge in [-0.3, -0.25) is 9.59 Å². The zero-order valence-corrected chi connectivity index (χ0v) is 28.3. The van der Waals surface area contributed by atoms with E-state index < -0.39 is 6.10 Å². The molecular formula is C37H72O5. The first-order valence-electron chi connectivity index (χ1n) is 18.6. The maximum atomic E-state index is 11.9. The van der Waals surface area contributed by atoms with Gasteiger partial charge in [0.25, 0.3) is 0 Å². The fourth-order valence-electron chi connectivity index (χ4n) is 5.50. The SMILES string of the molecule is CCCCCCCCCCCCCCCCCC(=O)OC[C@H](O)COC(=O)CCCCCCCCCCCCCCC. The number of carbonyl (C=O) groups is 2. The summed E-state index contributed by atoms with van der Waals surface area (Å²) < 4.78 is 10.3. The van der Waals surface area contributed by atoms with Crippen molar-refractivity contribution in [1.29, 1.82) is 0 Å². The average Bonchev–Trinajstić information content (AvgIpc) is 2.99. The smallest absolute Gasteiger partial charge is 0.305 e. The highest BCUT2D eigenvalue weighted by molar-refractivity contribution is 5.69. The molecule has 5 nitrogen and oxygen atoms in total. The second kappa shape index (κ2) is 34.4. The number of esters is 2. The fraction of sp³-hybridized carbons (Fsp3) is 0.946. The van der Waals surface area contributed by atoms with Crippen molar-refractivity contribution in [3.63, 3.8) is 0 Å². The van der Waals surface area contributed by atoms with Crippen molar-refractivity contribution < 1.29 is 24.2 Å². The minimum absolute atomic E-state index is 0.108. The van der Waals surface area contributed by atoms with Crippen LogP contribution < -0.4 is 0 Å². The molecule has 0 aliphatic carbocycles. The standard InChI is InChI=1S/C37H72O5/c1-3-5-7-9-11-13-15-17-18-20-22-24-26-28-30-32-37(40)42-34-35(38)33-41-36(39)31-29-27-25-23-21-19-16-14-12-10-8-6-4-2/h35,38H,3-34H2,1-2H3/t35-/m1/s1. The topological polar surface area (TPSA) is 72.8 Å². The van der Waals surface area contributed by atoms with Crippen molar-refractivity contribution in [2.45, 2.75) is 213 Å². The number of unbranched alkanes of at least 4 members (excludes halogenated alkanes) is 26. The Morgan fingerprint density at radius 2 is 0.619 bits per heavy atom. The van der Waals surface area contributed by atoms with Crippen LogP contribution in [-0.2, 0) is 19.1 Å². The minimum atomic E-state index is -0.953. The molecule has 5 heteroatoms. The van der Waals surface area contributed by atoms with Gasteiger partial charge in [0.1, 0.15) is 19.3 Å². The van der Waals surface area contributed by atoms with E-state index in [2.05, 4.69) is 13.8 Å². The molecular weight excluding hydrogens is 524 g/mol. The zero-order valence-electron chi connectivity index (χ0n) is 28.3. The van der Waals surface area contributed by atoms with Gasteiger partial charge in [-0.25, -0.2) is 0 Å². The highest BCUT2D eigenvalue weighted by Gasteiger charge is 2.12. The van der Waals surface area contributed by atoms with Crippen LogP contribution in [0.4, 0.5) is 0 Å². The first-order chi connectivity index (χ1) is 20.6. The molecule has 0 aromatic carbocycles. The van der Waals surface area contributed by atoms with E-state index in [0.717, 1.165) is 25.7 Å². The summed E-state index contributed by atoms with van der Waals surface area (Å²) in [4.78, 5) is 23.8. The molecule has 0 saturated carbocycles. The third kappa shape index (κ3) is 33.4. The number of rotatable bonds is 34. The van der Waals surface area contributed by atoms with Crippen LogP contribution in [-0.4, -0.2) is 36.4 Å². The lowest BCUT2D eigenvalue weighted by molar-refractivity contribution is -0.152. The van der Waals surface area contributed by atoms with Crippen molar-refractivity contribution in [2.24, 2.45) is 0 Å². The van der Waals surface area contributed by atoms with E-state index in [1.54, 1.807) is 0 Å². The van der Waals surface area contributed by atoms with E-state index in [1.165, 1.54) is 154 Å². The Hall–Kier alpha value is -1.10. The zero-order chi connectivity index (χ0) is 30.8. The number of hydrogen-bond acceptors (Lipinski definition) is 5. The number of carbonyl (C=O) groups excluding carboxylic acids is 2. The molecule has 0 radical (unpaired) electrons. The Kier molecular flexibility index (Phi) is 33.5. The van der Waals surface area contributed by atoms with Crippen molar-refractivity contribution in [2.75, 3.05) is 13.2 Å². The van der Waals surface area contributed by atoms with Crippen LogP contribution in [0.5, 0.6) is 0 Å². The van der Waals surface area contributed by atoms with Crippen molar-refractivity contribution in [3.8, 4) is 0 Å². The fourth-order valence-corrected chi connectivity index (χ4v) is 5.50. The molecule has 42 heavy (non-hydrogen) atoms. The lowest BCUT2D eigenvalue weighted by Crippen LogP contribution is -2.25. The van der Waals surface area contributed by atoms with Crippen LogP contribution in [0.1, 0.15) is 206 Å². The van der Waals surface area contributed by atoms with E-state index in [9.17, 15) is 14.7 Å². The van der Waals surface area contributed by atoms with E-state index in [1.807, 2.05) is 0 Å². The normalized spacial score (nSPS) is 12.0. The molecule has 0 spiro atoms. The average molecular weight is 597 g/mol. The molecule has 0 bridgehead atoms. The first kappa shape index (κ1) is 40.9. The third-order valence-corrected chi connectivity index (χ3v) is 8.34. The molecule has 1 atom stereocenters. The van der Waals surface area contributed by atoms with Gasteiger partial charge in [0.05, 0.1) is 0 Å². The number of ether oxygens (including phenoxy) is 2. The predicted octanol–water partition coefficient (Wildman–Crippen LogP) is 11.2. The highest BCUT2D eigenvalue weighted by atomic mass is 16.6. The maximum absolute atomic E-state index is 11.9. The van der Waals surface area contributed by atoms with Crippen molar-refractivity contribution >= 4 is 11.9 Å². The summed E-state index contributed by atoms with van der Waals surface area (Å²) in [6.07, 6.45) is 35.8. The monoisotopic (exact) mass is 597 g/mol. The molecule has 250 valence electrons. The quantitative estimate of drug-likeness (QED) is 0.0591. The Bertz CT molecular complexity index is 564. The molecule has 0 unspecified atom stereocenters. The van der Waals surface area contributed by atoms with Gasteiger partial charge < -0.3 is 14.6 Å². The van der Waals surface area contributed by atoms with Crippen molar-refractivity contribution in [1.82, 2.24) is 0 Å². The van der Waals surface area contributed by atoms with E-state index in [4.69, 9.17) is 9.47 Å². The molecule has 0 fully saturated rings. The van der Waals surface area contributed by atoms with Gasteiger partial charge in [-0.1, -0.05) is 181 Å². The van der Waals surface area contributed by atoms with Gasteiger partial charge in [-0.15, -0.1) is 0 Å². The highest BCUT2D eigenvalue weighted by Crippen LogP contribution is 2.15. The largest absolute Gasteiger partial charge is 0.463 e. The molecule has 0 rings (SSSR count). The molecule has 0 heterocycles. The molecule has 0 aliphatic heterocycles. The molecule has 0 saturated heterocycles. The Morgan fingerprint density at radius 1 is 0.405 bits per heavy atom. The number of hydrogen-bond donors (Lipinski definition) is 1. The van der Waals surface area contributed by atoms with Gasteiger partial charge in [-0.05, 0) is 12.8 Å². The van der Waals surface area contributed by atoms with Crippen LogP contribution >= 0.6 is 0 Å². The minimum Gasteiger partial charge on any atom is -0.463 e. The second-order valence-electron chi connectivity index (χ2n) is 12.7. The van der Waals surface area contributed by atoms with Gasteiger partial charge in [0.15, 0.2) is 0 Å². The summed E-state index contributed by atoms with van der Waals surface area (Å²) in [6, 6.07) is 0. The maximum Gasteiger partial charge on any atom is 0.305 e. The predicted molar refractivity (Wildman–Crippen MR) is 178 cm³/mol. The van der Waals surface area contributed by atoms with Gasteiger partial charge in [0.2, 0.25) is 0 Å². The van der Waals surface area contributed by atoms with Gasteiger partial charge >= 0.3 is 11.9 Å². The molecule has 0 amide bonds. The third-order valence-electron chi connectivity index (χ3n) is 8.34. The summed E-state index contributed by atoms with van der Waals surface area (Å²) in [7, 11) is 0. The summed E-state index contributed by atoms with van der Waals surface area (Å²) >= 11 is 0. The van der Waals surface area contributed by atoms with Crippen LogP contribution in [0.25, 0.3) is 0 Å². The second-order valence-corrected chi connectivity index (χ2v) is 12.7. The lowest BCUT2D eigenvalue weighted by Gasteiger charge is -2.12. The van der Waals surface area contributed by atoms with Crippen molar-refractivity contribution in [3.05, 3.63) is 0 Å². The van der Waals surface area contributed by atoms with Crippen LogP contribution in [0.3, 0.4) is 0 Å². The Balaban J connectivity index is 3.38. The molecule has 0 aromatic heterocycles. The number of aliphatic hydroxyl groups is 1. The molecule has 0 aromatic rings. The summed E-state index contributed by atoms with van der Waals surface area (Å²) in [5, 5.41) is 9.98. The van der Waals surface area contributed by atoms with Crippen LogP contribution in [0, 0.1) is 0 Å². The van der Waals surface area contributed by atoms with Crippen LogP contribution in [0.2, 0.25) is 0 Å². The number of aliphatic hydroxyl groups excluding tert-OH is 1. The van der Waals surface area contributed by atoms with Gasteiger partial charge in [-0.2, -0.15) is 0 Å². The van der Waals surface area contributed by atoms with E-state index >= 15 is 0 Å². The van der Waals surface area contributed by atoms with E-state index in [-0.39, 0.29) is 25.2 Å². The Labute approximate surface area is 261 Å². The van der Waals surface area contributed by atoms with E-state index in [0.29, 0.717) is 12.8 Å². The summed E-state index contributed by atoms with van der Waals surface area (Å²) in [6.45, 7) is 4.32. The first-order valence-corrected chi connectivity index (χ1v) is 18.6. The van der Waals surface area contributed by atoms with Crippen LogP contribution in [0.15, 0.2) is 0 Å². The lowest BCUT2D eigenvalue weighted by atomic mass is 10.0. The summed E-state index contributed by atoms with van der Waals surface area (Å²) in [5.74, 6) is -0.553. The summed E-state index contributed by atoms with van der Waals surface area (Å²) in [5.41, 5.74) is 0.